The highest BCUT2D eigenvalue weighted by Crippen LogP contribution is 2.31. The van der Waals surface area contributed by atoms with E-state index in [0.29, 0.717) is 12.1 Å². The fourth-order valence-corrected chi connectivity index (χ4v) is 3.88. The first-order valence-corrected chi connectivity index (χ1v) is 8.95. The minimum atomic E-state index is 0.564. The van der Waals surface area contributed by atoms with Crippen molar-refractivity contribution in [3.63, 3.8) is 0 Å². The molecule has 1 saturated carbocycles. The van der Waals surface area contributed by atoms with Crippen molar-refractivity contribution in [2.75, 3.05) is 6.54 Å². The Morgan fingerprint density at radius 1 is 1.29 bits per heavy atom. The molecule has 1 aromatic heterocycles. The first kappa shape index (κ1) is 16.5. The van der Waals surface area contributed by atoms with E-state index >= 15 is 0 Å². The highest BCUT2D eigenvalue weighted by molar-refractivity contribution is 5.03. The standard InChI is InChI=1S/C18H33N3/c1-5-17(6-2)21-11-10-16(20-21)13-15-12-14(4)8-9-18(15)19-7-3/h10-11,14-15,17-19H,5-9,12-13H2,1-4H3. The number of aromatic nitrogens is 2. The Bertz CT molecular complexity index is 408. The molecule has 120 valence electrons. The van der Waals surface area contributed by atoms with Crippen molar-refractivity contribution < 1.29 is 0 Å². The van der Waals surface area contributed by atoms with Crippen LogP contribution >= 0.6 is 0 Å². The summed E-state index contributed by atoms with van der Waals surface area (Å²) >= 11 is 0. The van der Waals surface area contributed by atoms with Gasteiger partial charge in [0.15, 0.2) is 0 Å². The van der Waals surface area contributed by atoms with Gasteiger partial charge in [0, 0.05) is 12.2 Å². The summed E-state index contributed by atoms with van der Waals surface area (Å²) in [6.07, 6.45) is 9.69. The van der Waals surface area contributed by atoms with E-state index in [1.807, 2.05) is 0 Å². The van der Waals surface area contributed by atoms with Crippen LogP contribution in [0.25, 0.3) is 0 Å². The Kier molecular flexibility index (Phi) is 6.28. The summed E-state index contributed by atoms with van der Waals surface area (Å²) in [6, 6.07) is 3.48. The Balaban J connectivity index is 2.01. The lowest BCUT2D eigenvalue weighted by molar-refractivity contribution is 0.212. The maximum absolute atomic E-state index is 4.85. The molecule has 0 aliphatic heterocycles. The lowest BCUT2D eigenvalue weighted by Gasteiger charge is -2.35. The van der Waals surface area contributed by atoms with Crippen LogP contribution in [-0.2, 0) is 6.42 Å². The zero-order chi connectivity index (χ0) is 15.2. The molecule has 1 N–H and O–H groups in total. The average Bonchev–Trinajstić information content (AvgIpc) is 2.92. The molecule has 1 heterocycles. The Hall–Kier alpha value is -0.830. The van der Waals surface area contributed by atoms with Crippen LogP contribution < -0.4 is 5.32 Å². The maximum Gasteiger partial charge on any atom is 0.0628 e. The zero-order valence-corrected chi connectivity index (χ0v) is 14.3. The van der Waals surface area contributed by atoms with Crippen molar-refractivity contribution in [1.82, 2.24) is 15.1 Å². The van der Waals surface area contributed by atoms with Gasteiger partial charge < -0.3 is 5.32 Å². The molecule has 21 heavy (non-hydrogen) atoms. The second-order valence-corrected chi connectivity index (χ2v) is 6.80. The number of nitrogens with one attached hydrogen (secondary N) is 1. The fraction of sp³-hybridized carbons (Fsp3) is 0.833. The molecule has 0 amide bonds. The van der Waals surface area contributed by atoms with Crippen LogP contribution in [0.1, 0.15) is 71.5 Å². The quantitative estimate of drug-likeness (QED) is 0.816. The van der Waals surface area contributed by atoms with Gasteiger partial charge in [0.2, 0.25) is 0 Å². The average molecular weight is 291 g/mol. The van der Waals surface area contributed by atoms with Crippen molar-refractivity contribution in [2.45, 2.75) is 78.3 Å². The summed E-state index contributed by atoms with van der Waals surface area (Å²) in [5.74, 6) is 1.62. The molecule has 0 saturated heterocycles. The van der Waals surface area contributed by atoms with Crippen LogP contribution in [0.2, 0.25) is 0 Å². The van der Waals surface area contributed by atoms with Crippen LogP contribution in [0, 0.1) is 11.8 Å². The van der Waals surface area contributed by atoms with E-state index < -0.39 is 0 Å². The zero-order valence-electron chi connectivity index (χ0n) is 14.3. The Morgan fingerprint density at radius 3 is 2.71 bits per heavy atom. The van der Waals surface area contributed by atoms with Gasteiger partial charge in [-0.25, -0.2) is 0 Å². The summed E-state index contributed by atoms with van der Waals surface area (Å²) < 4.78 is 2.18. The van der Waals surface area contributed by atoms with E-state index in [9.17, 15) is 0 Å². The van der Waals surface area contributed by atoms with Gasteiger partial charge in [0.05, 0.1) is 11.7 Å². The van der Waals surface area contributed by atoms with E-state index in [2.05, 4.69) is 50.0 Å². The summed E-state index contributed by atoms with van der Waals surface area (Å²) in [6.45, 7) is 10.2. The molecule has 3 atom stereocenters. The number of rotatable bonds is 7. The molecule has 3 unspecified atom stereocenters. The Morgan fingerprint density at radius 2 is 2.05 bits per heavy atom. The molecule has 0 bridgehead atoms. The molecule has 0 radical (unpaired) electrons. The van der Waals surface area contributed by atoms with E-state index in [1.165, 1.54) is 25.0 Å². The van der Waals surface area contributed by atoms with Crippen LogP contribution in [0.5, 0.6) is 0 Å². The molecular weight excluding hydrogens is 258 g/mol. The van der Waals surface area contributed by atoms with Crippen LogP contribution in [0.4, 0.5) is 0 Å². The second kappa shape index (κ2) is 7.98. The van der Waals surface area contributed by atoms with Gasteiger partial charge in [-0.3, -0.25) is 4.68 Å². The van der Waals surface area contributed by atoms with E-state index in [0.717, 1.165) is 37.6 Å². The number of nitrogens with zero attached hydrogens (tertiary/aromatic N) is 2. The van der Waals surface area contributed by atoms with Crippen LogP contribution in [0.3, 0.4) is 0 Å². The molecular formula is C18H33N3. The third kappa shape index (κ3) is 4.32. The molecule has 1 aliphatic rings. The largest absolute Gasteiger partial charge is 0.314 e. The molecule has 1 aromatic rings. The minimum Gasteiger partial charge on any atom is -0.314 e. The highest BCUT2D eigenvalue weighted by atomic mass is 15.3. The van der Waals surface area contributed by atoms with Gasteiger partial charge in [-0.2, -0.15) is 5.10 Å². The molecule has 3 heteroatoms. The smallest absolute Gasteiger partial charge is 0.0628 e. The second-order valence-electron chi connectivity index (χ2n) is 6.80. The first-order valence-electron chi connectivity index (χ1n) is 8.95. The van der Waals surface area contributed by atoms with E-state index in [1.54, 1.807) is 0 Å². The molecule has 3 nitrogen and oxygen atoms in total. The third-order valence-electron chi connectivity index (χ3n) is 5.16. The van der Waals surface area contributed by atoms with Crippen molar-refractivity contribution >= 4 is 0 Å². The first-order chi connectivity index (χ1) is 10.2. The highest BCUT2D eigenvalue weighted by Gasteiger charge is 2.28. The van der Waals surface area contributed by atoms with Gasteiger partial charge in [0.1, 0.15) is 0 Å². The predicted molar refractivity (Wildman–Crippen MR) is 89.5 cm³/mol. The Labute approximate surface area is 130 Å². The topological polar surface area (TPSA) is 29.9 Å². The van der Waals surface area contributed by atoms with Crippen molar-refractivity contribution in [2.24, 2.45) is 11.8 Å². The number of hydrogen-bond acceptors (Lipinski definition) is 2. The molecule has 2 rings (SSSR count). The normalized spacial score (nSPS) is 26.4. The van der Waals surface area contributed by atoms with Gasteiger partial charge >= 0.3 is 0 Å². The fourth-order valence-electron chi connectivity index (χ4n) is 3.88. The van der Waals surface area contributed by atoms with E-state index in [4.69, 9.17) is 5.10 Å². The summed E-state index contributed by atoms with van der Waals surface area (Å²) in [5, 5.41) is 8.55. The lowest BCUT2D eigenvalue weighted by atomic mass is 9.76. The monoisotopic (exact) mass is 291 g/mol. The van der Waals surface area contributed by atoms with E-state index in [-0.39, 0.29) is 0 Å². The minimum absolute atomic E-state index is 0.564. The predicted octanol–water partition coefficient (Wildman–Crippen LogP) is 4.20. The molecule has 1 aliphatic carbocycles. The summed E-state index contributed by atoms with van der Waals surface area (Å²) in [5.41, 5.74) is 1.28. The third-order valence-corrected chi connectivity index (χ3v) is 5.16. The van der Waals surface area contributed by atoms with Gasteiger partial charge in [-0.1, -0.05) is 27.7 Å². The van der Waals surface area contributed by atoms with Crippen molar-refractivity contribution in [3.05, 3.63) is 18.0 Å². The van der Waals surface area contributed by atoms with Crippen LogP contribution in [0.15, 0.2) is 12.3 Å². The molecule has 0 spiro atoms. The molecule has 1 fully saturated rings. The van der Waals surface area contributed by atoms with Gasteiger partial charge in [-0.05, 0) is 63.0 Å². The summed E-state index contributed by atoms with van der Waals surface area (Å²) in [4.78, 5) is 0. The van der Waals surface area contributed by atoms with Gasteiger partial charge in [0.25, 0.3) is 0 Å². The van der Waals surface area contributed by atoms with Crippen molar-refractivity contribution in [3.8, 4) is 0 Å². The summed E-state index contributed by atoms with van der Waals surface area (Å²) in [7, 11) is 0. The number of hydrogen-bond donors (Lipinski definition) is 1. The van der Waals surface area contributed by atoms with Crippen molar-refractivity contribution in [1.29, 1.82) is 0 Å². The van der Waals surface area contributed by atoms with Crippen LogP contribution in [-0.4, -0.2) is 22.4 Å². The SMILES string of the molecule is CCNC1CCC(C)CC1Cc1ccn(C(CC)CC)n1. The lowest BCUT2D eigenvalue weighted by Crippen LogP contribution is -2.41. The maximum atomic E-state index is 4.85. The van der Waals surface area contributed by atoms with Gasteiger partial charge in [-0.15, -0.1) is 0 Å². The molecule has 0 aromatic carbocycles.